The molecule has 0 aliphatic heterocycles. The van der Waals surface area contributed by atoms with Gasteiger partial charge in [-0.05, 0) is 40.6 Å². The number of halogens is 1. The maximum absolute atomic E-state index is 8.81. The van der Waals surface area contributed by atoms with Crippen molar-refractivity contribution in [2.24, 2.45) is 5.92 Å². The minimum atomic E-state index is 0.457. The molecule has 18 heavy (non-hydrogen) atoms. The number of nitrogen functional groups attached to an aromatic ring is 1. The van der Waals surface area contributed by atoms with Crippen LogP contribution in [0.25, 0.3) is 0 Å². The van der Waals surface area contributed by atoms with Gasteiger partial charge in [-0.3, -0.25) is 0 Å². The number of benzene rings is 1. The minimum absolute atomic E-state index is 0.457. The highest BCUT2D eigenvalue weighted by Gasteiger charge is 2.08. The van der Waals surface area contributed by atoms with Crippen molar-refractivity contribution in [2.45, 2.75) is 13.8 Å². The molecule has 0 aliphatic carbocycles. The van der Waals surface area contributed by atoms with E-state index >= 15 is 0 Å². The molecule has 0 bridgehead atoms. The zero-order chi connectivity index (χ0) is 13.5. The van der Waals surface area contributed by atoms with Crippen LogP contribution in [-0.2, 0) is 4.74 Å². The molecule has 0 radical (unpaired) electrons. The van der Waals surface area contributed by atoms with Crippen molar-refractivity contribution in [3.63, 3.8) is 0 Å². The van der Waals surface area contributed by atoms with Gasteiger partial charge in [0.2, 0.25) is 0 Å². The molecule has 0 spiro atoms. The van der Waals surface area contributed by atoms with E-state index in [1.807, 2.05) is 0 Å². The van der Waals surface area contributed by atoms with Gasteiger partial charge in [0.25, 0.3) is 0 Å². The van der Waals surface area contributed by atoms with Gasteiger partial charge in [0, 0.05) is 6.61 Å². The van der Waals surface area contributed by atoms with Crippen LogP contribution in [0.4, 0.5) is 5.69 Å². The third kappa shape index (κ3) is 4.70. The SMILES string of the molecule is CC(C)COCCOc1c(N)cc(C#N)cc1I. The molecule has 0 heterocycles. The van der Waals surface area contributed by atoms with Gasteiger partial charge in [-0.1, -0.05) is 13.8 Å². The monoisotopic (exact) mass is 360 g/mol. The van der Waals surface area contributed by atoms with Crippen LogP contribution in [0.3, 0.4) is 0 Å². The predicted molar refractivity (Wildman–Crippen MR) is 79.4 cm³/mol. The molecule has 0 saturated heterocycles. The second-order valence-electron chi connectivity index (χ2n) is 4.31. The van der Waals surface area contributed by atoms with Crippen LogP contribution in [-0.4, -0.2) is 19.8 Å². The molecule has 0 atom stereocenters. The Bertz CT molecular complexity index is 418. The van der Waals surface area contributed by atoms with Crippen molar-refractivity contribution in [3.05, 3.63) is 21.3 Å². The van der Waals surface area contributed by atoms with Crippen LogP contribution in [0.1, 0.15) is 19.4 Å². The molecule has 1 aromatic rings. The Morgan fingerprint density at radius 2 is 2.11 bits per heavy atom. The molecule has 0 fully saturated rings. The summed E-state index contributed by atoms with van der Waals surface area (Å²) in [6.07, 6.45) is 0. The molecule has 1 rings (SSSR count). The van der Waals surface area contributed by atoms with Crippen molar-refractivity contribution in [3.8, 4) is 11.8 Å². The van der Waals surface area contributed by atoms with Gasteiger partial charge >= 0.3 is 0 Å². The third-order valence-electron chi connectivity index (χ3n) is 2.13. The molecule has 98 valence electrons. The van der Waals surface area contributed by atoms with Crippen LogP contribution in [0.15, 0.2) is 12.1 Å². The van der Waals surface area contributed by atoms with Crippen LogP contribution < -0.4 is 10.5 Å². The highest BCUT2D eigenvalue weighted by Crippen LogP contribution is 2.29. The van der Waals surface area contributed by atoms with Gasteiger partial charge in [-0.25, -0.2) is 0 Å². The number of nitriles is 1. The minimum Gasteiger partial charge on any atom is -0.488 e. The lowest BCUT2D eigenvalue weighted by molar-refractivity contribution is 0.0819. The average molecular weight is 360 g/mol. The number of ether oxygens (including phenoxy) is 2. The fourth-order valence-electron chi connectivity index (χ4n) is 1.35. The number of rotatable bonds is 6. The first-order valence-electron chi connectivity index (χ1n) is 5.74. The lowest BCUT2D eigenvalue weighted by Gasteiger charge is -2.12. The third-order valence-corrected chi connectivity index (χ3v) is 2.93. The van der Waals surface area contributed by atoms with Crippen molar-refractivity contribution in [2.75, 3.05) is 25.6 Å². The number of anilines is 1. The van der Waals surface area contributed by atoms with Crippen LogP contribution >= 0.6 is 22.6 Å². The summed E-state index contributed by atoms with van der Waals surface area (Å²) < 4.78 is 11.8. The van der Waals surface area contributed by atoms with E-state index in [1.165, 1.54) is 0 Å². The van der Waals surface area contributed by atoms with Gasteiger partial charge in [0.15, 0.2) is 5.75 Å². The van der Waals surface area contributed by atoms with E-state index in [0.717, 1.165) is 10.2 Å². The van der Waals surface area contributed by atoms with Crippen LogP contribution in [0, 0.1) is 20.8 Å². The fraction of sp³-hybridized carbons (Fsp3) is 0.462. The van der Waals surface area contributed by atoms with Crippen molar-refractivity contribution < 1.29 is 9.47 Å². The smallest absolute Gasteiger partial charge is 0.155 e. The number of nitrogens with two attached hydrogens (primary N) is 1. The molecule has 4 nitrogen and oxygen atoms in total. The van der Waals surface area contributed by atoms with Crippen LogP contribution in [0.2, 0.25) is 0 Å². The number of hydrogen-bond acceptors (Lipinski definition) is 4. The summed E-state index contributed by atoms with van der Waals surface area (Å²) in [5, 5.41) is 8.81. The number of nitrogens with zero attached hydrogens (tertiary/aromatic N) is 1. The highest BCUT2D eigenvalue weighted by atomic mass is 127. The van der Waals surface area contributed by atoms with E-state index < -0.39 is 0 Å². The molecule has 0 saturated carbocycles. The summed E-state index contributed by atoms with van der Waals surface area (Å²) in [4.78, 5) is 0. The predicted octanol–water partition coefficient (Wildman–Crippen LogP) is 2.80. The topological polar surface area (TPSA) is 68.3 Å². The lowest BCUT2D eigenvalue weighted by Crippen LogP contribution is -2.11. The summed E-state index contributed by atoms with van der Waals surface area (Å²) in [5.74, 6) is 1.15. The average Bonchev–Trinajstić information content (AvgIpc) is 2.31. The fourth-order valence-corrected chi connectivity index (χ4v) is 2.16. The first-order chi connectivity index (χ1) is 8.54. The lowest BCUT2D eigenvalue weighted by atomic mass is 10.2. The molecule has 0 unspecified atom stereocenters. The zero-order valence-corrected chi connectivity index (χ0v) is 12.7. The quantitative estimate of drug-likeness (QED) is 0.481. The first kappa shape index (κ1) is 15.1. The molecule has 2 N–H and O–H groups in total. The Hall–Kier alpha value is -1.00. The van der Waals surface area contributed by atoms with Gasteiger partial charge < -0.3 is 15.2 Å². The Labute approximate surface area is 121 Å². The molecule has 0 amide bonds. The Kier molecular flexibility index (Phi) is 6.22. The normalized spacial score (nSPS) is 10.4. The second kappa shape index (κ2) is 7.44. The van der Waals surface area contributed by atoms with Crippen molar-refractivity contribution >= 4 is 28.3 Å². The van der Waals surface area contributed by atoms with E-state index in [4.69, 9.17) is 20.5 Å². The molecule has 0 aliphatic rings. The zero-order valence-electron chi connectivity index (χ0n) is 10.6. The van der Waals surface area contributed by atoms with E-state index in [2.05, 4.69) is 42.5 Å². The summed E-state index contributed by atoms with van der Waals surface area (Å²) in [6, 6.07) is 5.43. The maximum atomic E-state index is 8.81. The van der Waals surface area contributed by atoms with Gasteiger partial charge in [0.1, 0.15) is 6.61 Å². The summed E-state index contributed by atoms with van der Waals surface area (Å²) in [5.41, 5.74) is 6.87. The molecular formula is C13H17IN2O2. The van der Waals surface area contributed by atoms with Crippen molar-refractivity contribution in [1.82, 2.24) is 0 Å². The van der Waals surface area contributed by atoms with E-state index in [0.29, 0.717) is 36.1 Å². The van der Waals surface area contributed by atoms with E-state index in [1.54, 1.807) is 12.1 Å². The summed E-state index contributed by atoms with van der Waals surface area (Å²) in [6.45, 7) is 5.92. The largest absolute Gasteiger partial charge is 0.488 e. The molecule has 1 aromatic carbocycles. The standard InChI is InChI=1S/C13H17IN2O2/c1-9(2)8-17-3-4-18-13-11(14)5-10(7-15)6-12(13)16/h5-6,9H,3-4,8,16H2,1-2H3. The molecular weight excluding hydrogens is 343 g/mol. The first-order valence-corrected chi connectivity index (χ1v) is 6.82. The van der Waals surface area contributed by atoms with Gasteiger partial charge in [-0.2, -0.15) is 5.26 Å². The van der Waals surface area contributed by atoms with E-state index in [9.17, 15) is 0 Å². The Morgan fingerprint density at radius 3 is 2.67 bits per heavy atom. The summed E-state index contributed by atoms with van der Waals surface area (Å²) >= 11 is 2.11. The van der Waals surface area contributed by atoms with E-state index in [-0.39, 0.29) is 0 Å². The van der Waals surface area contributed by atoms with Gasteiger partial charge in [-0.15, -0.1) is 0 Å². The second-order valence-corrected chi connectivity index (χ2v) is 5.47. The van der Waals surface area contributed by atoms with Crippen molar-refractivity contribution in [1.29, 1.82) is 5.26 Å². The Balaban J connectivity index is 2.50. The van der Waals surface area contributed by atoms with Gasteiger partial charge in [0.05, 0.1) is 27.5 Å². The molecule has 5 heteroatoms. The highest BCUT2D eigenvalue weighted by molar-refractivity contribution is 14.1. The summed E-state index contributed by atoms with van der Waals surface area (Å²) in [7, 11) is 0. The number of hydrogen-bond donors (Lipinski definition) is 1. The Morgan fingerprint density at radius 1 is 1.39 bits per heavy atom. The maximum Gasteiger partial charge on any atom is 0.155 e. The molecule has 0 aromatic heterocycles. The van der Waals surface area contributed by atoms with Crippen LogP contribution in [0.5, 0.6) is 5.75 Å².